The van der Waals surface area contributed by atoms with E-state index in [1.807, 2.05) is 6.92 Å². The van der Waals surface area contributed by atoms with Crippen molar-refractivity contribution in [1.82, 2.24) is 14.8 Å². The highest BCUT2D eigenvalue weighted by molar-refractivity contribution is 6.00. The minimum atomic E-state index is -0.670. The zero-order chi connectivity index (χ0) is 16.4. The van der Waals surface area contributed by atoms with Crippen molar-refractivity contribution < 1.29 is 14.3 Å². The van der Waals surface area contributed by atoms with Gasteiger partial charge in [-0.3, -0.25) is 14.9 Å². The fourth-order valence-corrected chi connectivity index (χ4v) is 2.37. The monoisotopic (exact) mass is 315 g/mol. The summed E-state index contributed by atoms with van der Waals surface area (Å²) in [5.74, 6) is 1.21. The van der Waals surface area contributed by atoms with Gasteiger partial charge in [0.2, 0.25) is 11.9 Å². The lowest BCUT2D eigenvalue weighted by Crippen LogP contribution is -2.23. The molecule has 0 saturated carbocycles. The van der Waals surface area contributed by atoms with Crippen molar-refractivity contribution in [2.75, 3.05) is 17.7 Å². The van der Waals surface area contributed by atoms with Gasteiger partial charge in [-0.1, -0.05) is 6.92 Å². The molecule has 23 heavy (non-hydrogen) atoms. The Morgan fingerprint density at radius 3 is 2.78 bits per heavy atom. The number of hydrogen-bond acceptors (Lipinski definition) is 5. The van der Waals surface area contributed by atoms with Gasteiger partial charge in [-0.25, -0.2) is 4.68 Å². The fraction of sp³-hybridized carbons (Fsp3) is 0.333. The summed E-state index contributed by atoms with van der Waals surface area (Å²) in [7, 11) is 1.58. The molecule has 1 aliphatic rings. The second-order valence-electron chi connectivity index (χ2n) is 5.14. The highest BCUT2D eigenvalue weighted by Crippen LogP contribution is 2.25. The minimum Gasteiger partial charge on any atom is -0.497 e. The van der Waals surface area contributed by atoms with Crippen molar-refractivity contribution in [3.8, 4) is 5.75 Å². The van der Waals surface area contributed by atoms with Gasteiger partial charge in [0.15, 0.2) is 5.82 Å². The number of anilines is 2. The van der Waals surface area contributed by atoms with Gasteiger partial charge in [0, 0.05) is 12.1 Å². The van der Waals surface area contributed by atoms with E-state index in [2.05, 4.69) is 20.7 Å². The molecule has 8 nitrogen and oxygen atoms in total. The third-order valence-electron chi connectivity index (χ3n) is 3.58. The zero-order valence-electron chi connectivity index (χ0n) is 12.9. The topological polar surface area (TPSA) is 98.1 Å². The molecule has 0 bridgehead atoms. The zero-order valence-corrected chi connectivity index (χ0v) is 12.9. The smallest absolute Gasteiger partial charge is 0.252 e. The Balaban J connectivity index is 1.67. The number of amides is 2. The van der Waals surface area contributed by atoms with E-state index in [0.29, 0.717) is 29.6 Å². The largest absolute Gasteiger partial charge is 0.497 e. The molecule has 2 aromatic rings. The molecule has 1 atom stereocenters. The lowest BCUT2D eigenvalue weighted by Gasteiger charge is -2.10. The van der Waals surface area contributed by atoms with Crippen molar-refractivity contribution in [3.05, 3.63) is 30.1 Å². The molecule has 0 saturated heterocycles. The van der Waals surface area contributed by atoms with E-state index in [9.17, 15) is 9.59 Å². The molecule has 120 valence electrons. The van der Waals surface area contributed by atoms with Gasteiger partial charge >= 0.3 is 0 Å². The molecule has 2 N–H and O–H groups in total. The van der Waals surface area contributed by atoms with Crippen molar-refractivity contribution in [2.24, 2.45) is 0 Å². The van der Waals surface area contributed by atoms with Crippen LogP contribution in [0.2, 0.25) is 0 Å². The van der Waals surface area contributed by atoms with Crippen LogP contribution in [0.1, 0.15) is 25.2 Å². The summed E-state index contributed by atoms with van der Waals surface area (Å²) in [5.41, 5.74) is 0.641. The predicted octanol–water partition coefficient (Wildman–Crippen LogP) is 1.37. The third kappa shape index (κ3) is 3.01. The van der Waals surface area contributed by atoms with Crippen LogP contribution in [0.4, 0.5) is 11.6 Å². The molecule has 1 aromatic heterocycles. The predicted molar refractivity (Wildman–Crippen MR) is 83.3 cm³/mol. The Morgan fingerprint density at radius 2 is 2.13 bits per heavy atom. The molecule has 0 aliphatic carbocycles. The van der Waals surface area contributed by atoms with Crippen LogP contribution in [0.15, 0.2) is 24.3 Å². The number of ether oxygens (including phenoxy) is 1. The standard InChI is InChI=1S/C15H17N5O3/c1-3-12-17-15-18-14(22)11(20(15)19-12)8-13(21)16-9-4-6-10(23-2)7-5-9/h4-7,11H,3,8H2,1-2H3,(H,16,21)(H,17,18,19,22)/t11-/m1/s1. The fourth-order valence-electron chi connectivity index (χ4n) is 2.37. The summed E-state index contributed by atoms with van der Waals surface area (Å²) in [6, 6.07) is 6.31. The Morgan fingerprint density at radius 1 is 1.39 bits per heavy atom. The molecule has 0 fully saturated rings. The van der Waals surface area contributed by atoms with Gasteiger partial charge in [0.05, 0.1) is 13.5 Å². The van der Waals surface area contributed by atoms with Gasteiger partial charge in [-0.05, 0) is 24.3 Å². The lowest BCUT2D eigenvalue weighted by molar-refractivity contribution is -0.123. The number of carbonyl (C=O) groups excluding carboxylic acids is 2. The van der Waals surface area contributed by atoms with Gasteiger partial charge in [-0.2, -0.15) is 10.1 Å². The first-order valence-corrected chi connectivity index (χ1v) is 7.31. The summed E-state index contributed by atoms with van der Waals surface area (Å²) in [6.07, 6.45) is 0.665. The van der Waals surface area contributed by atoms with E-state index in [-0.39, 0.29) is 18.2 Å². The Hall–Kier alpha value is -2.90. The first-order valence-electron chi connectivity index (χ1n) is 7.31. The Labute approximate surface area is 132 Å². The number of methoxy groups -OCH3 is 1. The van der Waals surface area contributed by atoms with Gasteiger partial charge < -0.3 is 10.1 Å². The van der Waals surface area contributed by atoms with E-state index in [1.54, 1.807) is 31.4 Å². The normalized spacial score (nSPS) is 15.9. The third-order valence-corrected chi connectivity index (χ3v) is 3.58. The van der Waals surface area contributed by atoms with Crippen LogP contribution in [-0.4, -0.2) is 33.7 Å². The number of hydrogen-bond donors (Lipinski definition) is 2. The quantitative estimate of drug-likeness (QED) is 0.868. The molecule has 0 unspecified atom stereocenters. The van der Waals surface area contributed by atoms with Crippen molar-refractivity contribution >= 4 is 23.5 Å². The van der Waals surface area contributed by atoms with Crippen LogP contribution in [0.5, 0.6) is 5.75 Å². The second-order valence-corrected chi connectivity index (χ2v) is 5.14. The second kappa shape index (κ2) is 6.07. The van der Waals surface area contributed by atoms with Crippen LogP contribution in [-0.2, 0) is 16.0 Å². The molecule has 8 heteroatoms. The number of carbonyl (C=O) groups is 2. The van der Waals surface area contributed by atoms with Crippen molar-refractivity contribution in [3.63, 3.8) is 0 Å². The van der Waals surface area contributed by atoms with E-state index < -0.39 is 6.04 Å². The molecule has 2 amide bonds. The van der Waals surface area contributed by atoms with Crippen LogP contribution >= 0.6 is 0 Å². The number of nitrogens with one attached hydrogen (secondary N) is 2. The lowest BCUT2D eigenvalue weighted by atomic mass is 10.2. The van der Waals surface area contributed by atoms with E-state index >= 15 is 0 Å². The van der Waals surface area contributed by atoms with E-state index in [4.69, 9.17) is 4.74 Å². The molecule has 0 spiro atoms. The van der Waals surface area contributed by atoms with Gasteiger partial charge in [-0.15, -0.1) is 0 Å². The highest BCUT2D eigenvalue weighted by Gasteiger charge is 2.34. The maximum atomic E-state index is 12.2. The number of aromatic nitrogens is 3. The molecule has 1 aliphatic heterocycles. The number of rotatable bonds is 5. The maximum absolute atomic E-state index is 12.2. The van der Waals surface area contributed by atoms with Crippen LogP contribution in [0.3, 0.4) is 0 Å². The summed E-state index contributed by atoms with van der Waals surface area (Å²) in [4.78, 5) is 28.3. The van der Waals surface area contributed by atoms with Gasteiger partial charge in [0.25, 0.3) is 5.91 Å². The Bertz CT molecular complexity index is 738. The average molecular weight is 315 g/mol. The van der Waals surface area contributed by atoms with E-state index in [1.165, 1.54) is 4.68 Å². The maximum Gasteiger partial charge on any atom is 0.252 e. The summed E-state index contributed by atoms with van der Waals surface area (Å²) >= 11 is 0. The summed E-state index contributed by atoms with van der Waals surface area (Å²) in [6.45, 7) is 1.93. The highest BCUT2D eigenvalue weighted by atomic mass is 16.5. The van der Waals surface area contributed by atoms with E-state index in [0.717, 1.165) is 0 Å². The number of fused-ring (bicyclic) bond motifs is 1. The molecular formula is C15H17N5O3. The van der Waals surface area contributed by atoms with Crippen LogP contribution < -0.4 is 15.4 Å². The molecule has 3 rings (SSSR count). The van der Waals surface area contributed by atoms with Crippen LogP contribution in [0, 0.1) is 0 Å². The number of nitrogens with zero attached hydrogens (tertiary/aromatic N) is 3. The SMILES string of the molecule is CCc1nc2n(n1)[C@H](CC(=O)Nc1ccc(OC)cc1)C(=O)N2. The van der Waals surface area contributed by atoms with Gasteiger partial charge in [0.1, 0.15) is 11.8 Å². The summed E-state index contributed by atoms with van der Waals surface area (Å²) < 4.78 is 6.54. The minimum absolute atomic E-state index is 0.00260. The number of aryl methyl sites for hydroxylation is 1. The molecule has 0 radical (unpaired) electrons. The first-order chi connectivity index (χ1) is 11.1. The average Bonchev–Trinajstić information content (AvgIpc) is 3.07. The summed E-state index contributed by atoms with van der Waals surface area (Å²) in [5, 5.41) is 9.65. The van der Waals surface area contributed by atoms with Crippen molar-refractivity contribution in [1.29, 1.82) is 0 Å². The molecule has 1 aromatic carbocycles. The Kier molecular flexibility index (Phi) is 3.96. The molecular weight excluding hydrogens is 298 g/mol. The first kappa shape index (κ1) is 15.0. The molecule has 2 heterocycles. The number of benzene rings is 1. The van der Waals surface area contributed by atoms with Crippen molar-refractivity contribution in [2.45, 2.75) is 25.8 Å². The van der Waals surface area contributed by atoms with Crippen LogP contribution in [0.25, 0.3) is 0 Å².